The topological polar surface area (TPSA) is 52.4 Å². The number of nitro benzene ring substituents is 1. The Balaban J connectivity index is 2.11. The summed E-state index contributed by atoms with van der Waals surface area (Å²) in [5.74, 6) is -1.49. The summed E-state index contributed by atoms with van der Waals surface area (Å²) in [6.45, 7) is -0.0898. The van der Waals surface area contributed by atoms with Crippen LogP contribution < -0.4 is 4.74 Å². The van der Waals surface area contributed by atoms with Gasteiger partial charge >= 0.3 is 5.69 Å². The predicted molar refractivity (Wildman–Crippen MR) is 71.5 cm³/mol. The predicted octanol–water partition coefficient (Wildman–Crippen LogP) is 4.21. The van der Waals surface area contributed by atoms with E-state index in [-0.39, 0.29) is 12.4 Å². The maximum Gasteiger partial charge on any atom is 0.304 e. The van der Waals surface area contributed by atoms with Crippen molar-refractivity contribution >= 4 is 21.6 Å². The molecule has 0 N–H and O–H groups in total. The van der Waals surface area contributed by atoms with Gasteiger partial charge in [-0.3, -0.25) is 10.1 Å². The fraction of sp³-hybridized carbons (Fsp3) is 0.0769. The van der Waals surface area contributed by atoms with Gasteiger partial charge in [-0.25, -0.2) is 4.39 Å². The first-order valence-corrected chi connectivity index (χ1v) is 6.27. The molecule has 0 atom stereocenters. The van der Waals surface area contributed by atoms with E-state index in [1.165, 1.54) is 18.2 Å². The molecular formula is C13H8BrF2NO3. The van der Waals surface area contributed by atoms with Gasteiger partial charge in [-0.15, -0.1) is 0 Å². The summed E-state index contributed by atoms with van der Waals surface area (Å²) in [7, 11) is 0. The maximum absolute atomic E-state index is 13.5. The van der Waals surface area contributed by atoms with Crippen molar-refractivity contribution in [2.45, 2.75) is 6.61 Å². The second kappa shape index (κ2) is 5.96. The van der Waals surface area contributed by atoms with Crippen LogP contribution in [0.2, 0.25) is 0 Å². The van der Waals surface area contributed by atoms with Gasteiger partial charge in [0.25, 0.3) is 0 Å². The molecule has 4 nitrogen and oxygen atoms in total. The first-order chi connectivity index (χ1) is 9.47. The molecule has 0 fully saturated rings. The molecule has 0 aliphatic rings. The summed E-state index contributed by atoms with van der Waals surface area (Å²) in [6, 6.07) is 7.68. The van der Waals surface area contributed by atoms with Crippen molar-refractivity contribution in [1.82, 2.24) is 0 Å². The van der Waals surface area contributed by atoms with Crippen LogP contribution >= 0.6 is 15.9 Å². The average molecular weight is 344 g/mol. The summed E-state index contributed by atoms with van der Waals surface area (Å²) in [4.78, 5) is 9.66. The number of ether oxygens (including phenoxy) is 1. The van der Waals surface area contributed by atoms with Crippen LogP contribution in [0.4, 0.5) is 14.5 Å². The fourth-order valence-electron chi connectivity index (χ4n) is 1.54. The summed E-state index contributed by atoms with van der Waals surface area (Å²) in [6.07, 6.45) is 0. The van der Waals surface area contributed by atoms with E-state index in [4.69, 9.17) is 4.74 Å². The monoisotopic (exact) mass is 343 g/mol. The van der Waals surface area contributed by atoms with Gasteiger partial charge in [-0.05, 0) is 35.9 Å². The molecule has 2 rings (SSSR count). The van der Waals surface area contributed by atoms with Crippen LogP contribution in [0.15, 0.2) is 40.9 Å². The van der Waals surface area contributed by atoms with Crippen molar-refractivity contribution in [3.8, 4) is 5.75 Å². The fourth-order valence-corrected chi connectivity index (χ4v) is 1.87. The lowest BCUT2D eigenvalue weighted by Gasteiger charge is -2.07. The van der Waals surface area contributed by atoms with Gasteiger partial charge in [-0.1, -0.05) is 15.9 Å². The summed E-state index contributed by atoms with van der Waals surface area (Å²) in [5, 5.41) is 10.5. The molecule has 0 radical (unpaired) electrons. The molecular weight excluding hydrogens is 336 g/mol. The Morgan fingerprint density at radius 1 is 1.15 bits per heavy atom. The normalized spacial score (nSPS) is 10.3. The Morgan fingerprint density at radius 3 is 2.50 bits per heavy atom. The van der Waals surface area contributed by atoms with Crippen molar-refractivity contribution in [3.63, 3.8) is 0 Å². The van der Waals surface area contributed by atoms with Gasteiger partial charge in [0, 0.05) is 10.5 Å². The van der Waals surface area contributed by atoms with Crippen LogP contribution in [-0.2, 0) is 6.61 Å². The van der Waals surface area contributed by atoms with Gasteiger partial charge in [-0.2, -0.15) is 4.39 Å². The van der Waals surface area contributed by atoms with Crippen LogP contribution in [-0.4, -0.2) is 4.92 Å². The van der Waals surface area contributed by atoms with Crippen LogP contribution in [0, 0.1) is 21.7 Å². The van der Waals surface area contributed by atoms with Crippen LogP contribution in [0.25, 0.3) is 0 Å². The number of nitrogens with zero attached hydrogens (tertiary/aromatic N) is 1. The number of hydrogen-bond donors (Lipinski definition) is 0. The molecule has 0 aliphatic heterocycles. The SMILES string of the molecule is O=[N+]([O-])c1ccc(COc2ccc(Br)cc2F)cc1F. The average Bonchev–Trinajstić information content (AvgIpc) is 2.37. The molecule has 0 aromatic heterocycles. The lowest BCUT2D eigenvalue weighted by Crippen LogP contribution is -1.99. The lowest BCUT2D eigenvalue weighted by atomic mass is 10.2. The second-order valence-electron chi connectivity index (χ2n) is 3.91. The van der Waals surface area contributed by atoms with Crippen molar-refractivity contribution in [3.05, 3.63) is 68.2 Å². The molecule has 0 heterocycles. The zero-order valence-electron chi connectivity index (χ0n) is 9.98. The minimum absolute atomic E-state index is 0.0203. The van der Waals surface area contributed by atoms with E-state index in [9.17, 15) is 18.9 Å². The van der Waals surface area contributed by atoms with Gasteiger partial charge in [0.1, 0.15) is 6.61 Å². The summed E-state index contributed by atoms with van der Waals surface area (Å²) >= 11 is 3.11. The van der Waals surface area contributed by atoms with Crippen LogP contribution in [0.1, 0.15) is 5.56 Å². The minimum atomic E-state index is -0.952. The number of hydrogen-bond acceptors (Lipinski definition) is 3. The van der Waals surface area contributed by atoms with E-state index >= 15 is 0 Å². The molecule has 0 bridgehead atoms. The van der Waals surface area contributed by atoms with Crippen LogP contribution in [0.5, 0.6) is 5.75 Å². The quantitative estimate of drug-likeness (QED) is 0.617. The van der Waals surface area contributed by atoms with E-state index in [2.05, 4.69) is 15.9 Å². The number of nitro groups is 1. The van der Waals surface area contributed by atoms with Gasteiger partial charge < -0.3 is 4.74 Å². The van der Waals surface area contributed by atoms with Crippen molar-refractivity contribution < 1.29 is 18.4 Å². The van der Waals surface area contributed by atoms with Crippen molar-refractivity contribution in [2.75, 3.05) is 0 Å². The molecule has 2 aromatic rings. The van der Waals surface area contributed by atoms with Crippen molar-refractivity contribution in [1.29, 1.82) is 0 Å². The zero-order chi connectivity index (χ0) is 14.7. The molecule has 0 spiro atoms. The Labute approximate surface area is 121 Å². The Hall–Kier alpha value is -2.02. The molecule has 0 saturated heterocycles. The highest BCUT2D eigenvalue weighted by molar-refractivity contribution is 9.10. The van der Waals surface area contributed by atoms with E-state index in [1.54, 1.807) is 6.07 Å². The number of rotatable bonds is 4. The largest absolute Gasteiger partial charge is 0.486 e. The van der Waals surface area contributed by atoms with Crippen LogP contribution in [0.3, 0.4) is 0 Å². The first kappa shape index (κ1) is 14.4. The van der Waals surface area contributed by atoms with Gasteiger partial charge in [0.2, 0.25) is 5.82 Å². The first-order valence-electron chi connectivity index (χ1n) is 5.48. The Kier molecular flexibility index (Phi) is 4.29. The van der Waals surface area contributed by atoms with E-state index in [0.29, 0.717) is 10.0 Å². The summed E-state index contributed by atoms with van der Waals surface area (Å²) < 4.78 is 32.6. The Bertz CT molecular complexity index is 664. The molecule has 2 aromatic carbocycles. The van der Waals surface area contributed by atoms with E-state index in [1.807, 2.05) is 0 Å². The number of halogens is 3. The smallest absolute Gasteiger partial charge is 0.304 e. The lowest BCUT2D eigenvalue weighted by molar-refractivity contribution is -0.387. The molecule has 20 heavy (non-hydrogen) atoms. The molecule has 104 valence electrons. The third-order valence-corrected chi connectivity index (χ3v) is 2.99. The highest BCUT2D eigenvalue weighted by Crippen LogP contribution is 2.23. The standard InChI is InChI=1S/C13H8BrF2NO3/c14-9-2-4-13(11(16)6-9)20-7-8-1-3-12(17(18)19)10(15)5-8/h1-6H,7H2. The molecule has 0 aliphatic carbocycles. The maximum atomic E-state index is 13.5. The van der Waals surface area contributed by atoms with Gasteiger partial charge in [0.15, 0.2) is 11.6 Å². The number of benzene rings is 2. The second-order valence-corrected chi connectivity index (χ2v) is 4.82. The highest BCUT2D eigenvalue weighted by atomic mass is 79.9. The van der Waals surface area contributed by atoms with Gasteiger partial charge in [0.05, 0.1) is 4.92 Å². The zero-order valence-corrected chi connectivity index (χ0v) is 11.6. The van der Waals surface area contributed by atoms with E-state index in [0.717, 1.165) is 12.1 Å². The highest BCUT2D eigenvalue weighted by Gasteiger charge is 2.14. The third-order valence-electron chi connectivity index (χ3n) is 2.50. The van der Waals surface area contributed by atoms with E-state index < -0.39 is 22.2 Å². The third kappa shape index (κ3) is 3.30. The molecule has 0 unspecified atom stereocenters. The summed E-state index contributed by atoms with van der Waals surface area (Å²) in [5.41, 5.74) is -0.237. The molecule has 0 saturated carbocycles. The molecule has 7 heteroatoms. The Morgan fingerprint density at radius 2 is 1.90 bits per heavy atom. The minimum Gasteiger partial charge on any atom is -0.486 e. The van der Waals surface area contributed by atoms with Crippen molar-refractivity contribution in [2.24, 2.45) is 0 Å². The molecule has 0 amide bonds.